The normalized spacial score (nSPS) is 13.5. The maximum Gasteiger partial charge on any atom is 1.00 e. The van der Waals surface area contributed by atoms with Crippen LogP contribution in [-0.2, 0) is 41.6 Å². The van der Waals surface area contributed by atoms with Gasteiger partial charge in [-0.25, -0.2) is 16.8 Å². The molecule has 0 amide bonds. The fourth-order valence-corrected chi connectivity index (χ4v) is 7.54. The van der Waals surface area contributed by atoms with Crippen LogP contribution in [0.1, 0.15) is 16.7 Å². The molecule has 6 aromatic carbocycles. The van der Waals surface area contributed by atoms with Crippen LogP contribution in [0.15, 0.2) is 149 Å². The van der Waals surface area contributed by atoms with Crippen molar-refractivity contribution < 1.29 is 137 Å². The van der Waals surface area contributed by atoms with Gasteiger partial charge in [0.1, 0.15) is 25.9 Å². The van der Waals surface area contributed by atoms with Crippen molar-refractivity contribution in [1.82, 2.24) is 0 Å². The van der Waals surface area contributed by atoms with Crippen LogP contribution in [0.3, 0.4) is 0 Å². The number of anilines is 1. The minimum Gasteiger partial charge on any atom is -0.862 e. The fraction of sp³-hybridized carbons (Fsp3) is 0.0263. The fourth-order valence-electron chi connectivity index (χ4n) is 6.03. The summed E-state index contributed by atoms with van der Waals surface area (Å²) in [6, 6.07) is 22.9. The van der Waals surface area contributed by atoms with E-state index < -0.39 is 56.7 Å². The quantitative estimate of drug-likeness (QED) is 0.0296. The van der Waals surface area contributed by atoms with Crippen LogP contribution in [-0.4, -0.2) is 56.3 Å². The zero-order chi connectivity index (χ0) is 42.3. The summed E-state index contributed by atoms with van der Waals surface area (Å²) in [5, 5.41) is 40.6. The number of hydrogen-bond donors (Lipinski definition) is 3. The summed E-state index contributed by atoms with van der Waals surface area (Å²) in [4.78, 5) is 11.3. The zero-order valence-electron chi connectivity index (χ0n) is 32.7. The topological polar surface area (TPSA) is 307 Å². The molecule has 0 spiro atoms. The van der Waals surface area contributed by atoms with Crippen molar-refractivity contribution >= 4 is 104 Å². The number of benzene rings is 6. The standard InChI is InChI=1S/C38H27N7O11S3.3Na/c39-37(47)17-21-1-4-23(5-2-21)40-41-34-14-12-32(28-10-7-25(19-30(28)34)58(51,52)53)42-43-33-13-15-35(31-20-26(59(54,55)56)8-11-29(31)33)44-45-38-27-9-6-24(57(48,49)50)18-22(27)3-16-36(38)46;;;/h1-16,18-20,44H,17H2,(H2,39,47)(H,48,49,50)(H,51,52,53)(H,54,55,56);;;/q;3*+1/p-3/b41-40?,43-42?,45-38-;;;. The molecule has 7 rings (SSSR count). The van der Waals surface area contributed by atoms with E-state index in [1.54, 1.807) is 24.3 Å². The van der Waals surface area contributed by atoms with Crippen molar-refractivity contribution in [2.75, 3.05) is 5.43 Å². The van der Waals surface area contributed by atoms with Gasteiger partial charge in [0.25, 0.3) is 10.1 Å². The number of hydrogen-bond acceptors (Lipinski definition) is 17. The molecule has 0 saturated carbocycles. The van der Waals surface area contributed by atoms with E-state index in [4.69, 9.17) is 5.41 Å². The van der Waals surface area contributed by atoms with Gasteiger partial charge in [-0.15, -0.1) is 15.3 Å². The Labute approximate surface area is 420 Å². The van der Waals surface area contributed by atoms with Gasteiger partial charge < -0.3 is 19.6 Å². The molecule has 0 radical (unpaired) electrons. The summed E-state index contributed by atoms with van der Waals surface area (Å²) >= 11 is 0. The third-order valence-electron chi connectivity index (χ3n) is 8.84. The van der Waals surface area contributed by atoms with E-state index in [1.807, 2.05) is 0 Å². The van der Waals surface area contributed by atoms with Gasteiger partial charge in [-0.3, -0.25) is 14.8 Å². The van der Waals surface area contributed by atoms with Gasteiger partial charge >= 0.3 is 88.7 Å². The summed E-state index contributed by atoms with van der Waals surface area (Å²) in [5.41, 5.74) is 4.68. The number of carbonyl (C=O) groups excluding carboxylic acids is 1. The van der Waals surface area contributed by atoms with Gasteiger partial charge in [0.15, 0.2) is 0 Å². The van der Waals surface area contributed by atoms with Crippen LogP contribution in [0.5, 0.6) is 0 Å². The van der Waals surface area contributed by atoms with E-state index >= 15 is 0 Å². The molecule has 0 atom stereocenters. The Kier molecular flexibility index (Phi) is 16.6. The summed E-state index contributed by atoms with van der Waals surface area (Å²) in [7, 11) is -14.4. The Morgan fingerprint density at radius 2 is 1.13 bits per heavy atom. The largest absolute Gasteiger partial charge is 1.00 e. The molecule has 0 heterocycles. The summed E-state index contributed by atoms with van der Waals surface area (Å²) in [6.07, 6.45) is 2.38. The first-order chi connectivity index (χ1) is 27.8. The van der Waals surface area contributed by atoms with Crippen LogP contribution >= 0.6 is 0 Å². The van der Waals surface area contributed by atoms with Crippen molar-refractivity contribution in [3.05, 3.63) is 126 Å². The molecule has 62 heavy (non-hydrogen) atoms. The third kappa shape index (κ3) is 11.6. The van der Waals surface area contributed by atoms with Gasteiger partial charge in [-0.2, -0.15) is 18.6 Å². The molecule has 1 aliphatic carbocycles. The van der Waals surface area contributed by atoms with Gasteiger partial charge in [-0.05, 0) is 102 Å². The molecule has 0 aromatic heterocycles. The average molecular weight is 920 g/mol. The maximum absolute atomic E-state index is 12.9. The van der Waals surface area contributed by atoms with Gasteiger partial charge in [0, 0.05) is 27.1 Å². The van der Waals surface area contributed by atoms with Crippen molar-refractivity contribution in [2.45, 2.75) is 21.1 Å². The minimum absolute atomic E-state index is 0. The van der Waals surface area contributed by atoms with Gasteiger partial charge in [-0.1, -0.05) is 36.4 Å². The first kappa shape index (κ1) is 50.8. The Morgan fingerprint density at radius 3 is 1.73 bits per heavy atom. The number of nitrogens with zero attached hydrogens (tertiary/aromatic N) is 5. The molecule has 0 unspecified atom stereocenters. The molecule has 0 bridgehead atoms. The second kappa shape index (κ2) is 20.3. The monoisotopic (exact) mass is 919 g/mol. The van der Waals surface area contributed by atoms with E-state index in [9.17, 15) is 48.8 Å². The number of rotatable bonds is 11. The molecule has 18 nitrogen and oxygen atoms in total. The number of fused-ring (bicyclic) bond motifs is 3. The second-order valence-corrected chi connectivity index (χ2v) is 16.9. The molecular formula is C38H24N7Na3O11S3. The van der Waals surface area contributed by atoms with E-state index in [0.717, 1.165) is 42.5 Å². The van der Waals surface area contributed by atoms with E-state index in [0.29, 0.717) is 22.0 Å². The van der Waals surface area contributed by atoms with Gasteiger partial charge in [0.05, 0.1) is 43.1 Å². The molecule has 6 aromatic rings. The Balaban J connectivity index is 0.00000282. The number of ketones is 1. The van der Waals surface area contributed by atoms with Crippen LogP contribution in [0, 0.1) is 5.41 Å². The first-order valence-electron chi connectivity index (χ1n) is 16.8. The Morgan fingerprint density at radius 1 is 0.613 bits per heavy atom. The van der Waals surface area contributed by atoms with Crippen LogP contribution < -0.4 is 99.2 Å². The van der Waals surface area contributed by atoms with Crippen molar-refractivity contribution in [3.8, 4) is 0 Å². The number of allylic oxidation sites excluding steroid dienone is 1. The number of hydrazone groups is 1. The zero-order valence-corrected chi connectivity index (χ0v) is 41.1. The molecule has 0 fully saturated rings. The van der Waals surface area contributed by atoms with Crippen LogP contribution in [0.2, 0.25) is 0 Å². The van der Waals surface area contributed by atoms with E-state index in [-0.39, 0.29) is 145 Å². The molecule has 0 saturated heterocycles. The van der Waals surface area contributed by atoms with Crippen LogP contribution in [0.4, 0.5) is 28.4 Å². The molecule has 0 aliphatic heterocycles. The molecule has 3 N–H and O–H groups in total. The summed E-state index contributed by atoms with van der Waals surface area (Å²) < 4.78 is 105. The molecule has 1 aliphatic rings. The van der Waals surface area contributed by atoms with E-state index in [2.05, 4.69) is 31.0 Å². The maximum atomic E-state index is 12.9. The summed E-state index contributed by atoms with van der Waals surface area (Å²) in [6.45, 7) is 0. The molecule has 24 heteroatoms. The SMILES string of the molecule is N=C([O-])Cc1ccc(N=Nc2ccc(N=Nc3ccc(N/N=C4\C(=O)C=Cc5cc(S(=O)(=O)[O-])ccc54)c4cc(S(=O)(=O)O)ccc34)c3ccc(S(=O)(=O)[O-])cc23)cc1.[Na+].[Na+].[Na+]. The number of nitrogens with one attached hydrogen (secondary N) is 2. The average Bonchev–Trinajstić information content (AvgIpc) is 3.18. The Hall–Kier alpha value is -3.88. The second-order valence-electron chi connectivity index (χ2n) is 12.7. The molecular weight excluding hydrogens is 896 g/mol. The summed E-state index contributed by atoms with van der Waals surface area (Å²) in [5.74, 6) is -1.32. The number of carbonyl (C=O) groups is 1. The molecule has 298 valence electrons. The Bertz CT molecular complexity index is 3260. The first-order valence-corrected chi connectivity index (χ1v) is 21.0. The van der Waals surface area contributed by atoms with Crippen molar-refractivity contribution in [1.29, 1.82) is 5.41 Å². The third-order valence-corrected chi connectivity index (χ3v) is 11.3. The van der Waals surface area contributed by atoms with Crippen LogP contribution in [0.25, 0.3) is 27.6 Å². The predicted molar refractivity (Wildman–Crippen MR) is 211 cm³/mol. The number of azo groups is 2. The van der Waals surface area contributed by atoms with Crippen molar-refractivity contribution in [2.24, 2.45) is 25.6 Å². The smallest absolute Gasteiger partial charge is 0.862 e. The van der Waals surface area contributed by atoms with Gasteiger partial charge in [0.2, 0.25) is 5.78 Å². The van der Waals surface area contributed by atoms with E-state index in [1.165, 1.54) is 48.5 Å². The predicted octanol–water partition coefficient (Wildman–Crippen LogP) is -2.82. The minimum atomic E-state index is -4.89. The van der Waals surface area contributed by atoms with Crippen molar-refractivity contribution in [3.63, 3.8) is 0 Å².